The van der Waals surface area contributed by atoms with Gasteiger partial charge in [0.1, 0.15) is 0 Å². The maximum atomic E-state index is 12.3. The summed E-state index contributed by atoms with van der Waals surface area (Å²) in [5, 5.41) is 14.0. The number of benzene rings is 2. The Hall–Kier alpha value is -2.59. The van der Waals surface area contributed by atoms with E-state index in [2.05, 4.69) is 10.3 Å². The quantitative estimate of drug-likeness (QED) is 0.677. The van der Waals surface area contributed by atoms with Gasteiger partial charge in [0.05, 0.1) is 17.2 Å². The Kier molecular flexibility index (Phi) is 4.21. The lowest BCUT2D eigenvalue weighted by Gasteiger charge is -2.12. The summed E-state index contributed by atoms with van der Waals surface area (Å²) >= 11 is 0. The maximum absolute atomic E-state index is 12.3. The molecule has 2 aromatic carbocycles. The first-order valence-corrected chi connectivity index (χ1v) is 7.33. The molecule has 0 fully saturated rings. The highest BCUT2D eigenvalue weighted by Crippen LogP contribution is 2.17. The van der Waals surface area contributed by atoms with Crippen LogP contribution in [0, 0.1) is 0 Å². The molecule has 0 bridgehead atoms. The molecule has 0 aliphatic rings. The fourth-order valence-corrected chi connectivity index (χ4v) is 2.53. The molecule has 4 nitrogen and oxygen atoms in total. The van der Waals surface area contributed by atoms with Crippen LogP contribution < -0.4 is 5.32 Å². The van der Waals surface area contributed by atoms with Crippen molar-refractivity contribution in [1.29, 1.82) is 0 Å². The van der Waals surface area contributed by atoms with Crippen molar-refractivity contribution >= 4 is 16.8 Å². The van der Waals surface area contributed by atoms with Crippen LogP contribution in [0.2, 0.25) is 0 Å². The molecule has 1 heterocycles. The summed E-state index contributed by atoms with van der Waals surface area (Å²) in [7, 11) is 0. The molecule has 3 aromatic rings. The summed E-state index contributed by atoms with van der Waals surface area (Å²) in [5.74, 6) is -0.131. The van der Waals surface area contributed by atoms with Crippen LogP contribution in [0.4, 0.5) is 0 Å². The third-order valence-corrected chi connectivity index (χ3v) is 3.72. The highest BCUT2D eigenvalue weighted by Gasteiger charge is 2.11. The van der Waals surface area contributed by atoms with E-state index in [0.717, 1.165) is 16.5 Å². The van der Waals surface area contributed by atoms with Gasteiger partial charge in [-0.15, -0.1) is 0 Å². The Balaban J connectivity index is 1.60. The van der Waals surface area contributed by atoms with Crippen LogP contribution in [0.1, 0.15) is 28.4 Å². The summed E-state index contributed by atoms with van der Waals surface area (Å²) in [4.78, 5) is 15.3. The molecule has 3 rings (SSSR count). The minimum absolute atomic E-state index is 0.131. The lowest BCUT2D eigenvalue weighted by atomic mass is 10.1. The monoisotopic (exact) mass is 294 g/mol. The zero-order valence-electron chi connectivity index (χ0n) is 12.1. The molecule has 0 aliphatic carbocycles. The predicted octanol–water partition coefficient (Wildman–Crippen LogP) is 3.02. The summed E-state index contributed by atoms with van der Waals surface area (Å²) in [6.07, 6.45) is 1.74. The number of rotatable bonds is 5. The van der Waals surface area contributed by atoms with E-state index < -0.39 is 6.10 Å². The zero-order valence-corrected chi connectivity index (χ0v) is 12.1. The van der Waals surface area contributed by atoms with Crippen molar-refractivity contribution in [2.75, 3.05) is 6.54 Å². The van der Waals surface area contributed by atoms with E-state index in [9.17, 15) is 9.90 Å². The first-order valence-electron chi connectivity index (χ1n) is 7.33. The third-order valence-electron chi connectivity index (χ3n) is 3.72. The number of H-pyrrole nitrogens is 1. The van der Waals surface area contributed by atoms with Gasteiger partial charge in [-0.1, -0.05) is 42.5 Å². The summed E-state index contributed by atoms with van der Waals surface area (Å²) in [6, 6.07) is 17.0. The first-order chi connectivity index (χ1) is 10.8. The Morgan fingerprint density at radius 2 is 1.91 bits per heavy atom. The van der Waals surface area contributed by atoms with Crippen molar-refractivity contribution in [1.82, 2.24) is 10.3 Å². The van der Waals surface area contributed by atoms with Crippen molar-refractivity contribution in [3.8, 4) is 0 Å². The molecule has 3 N–H and O–H groups in total. The molecule has 0 aliphatic heterocycles. The molecule has 1 atom stereocenters. The standard InChI is InChI=1S/C18H18N2O2/c21-16(13-5-2-1-3-6-13)10-12-20-18(22)15-8-4-7-14-9-11-19-17(14)15/h1-9,11,16,19,21H,10,12H2,(H,20,22). The SMILES string of the molecule is O=C(NCCC(O)c1ccccc1)c1cccc2cc[nH]c12. The molecule has 0 spiro atoms. The molecular weight excluding hydrogens is 276 g/mol. The molecule has 22 heavy (non-hydrogen) atoms. The second-order valence-corrected chi connectivity index (χ2v) is 5.22. The number of fused-ring (bicyclic) bond motifs is 1. The minimum Gasteiger partial charge on any atom is -0.388 e. The van der Waals surface area contributed by atoms with E-state index in [1.165, 1.54) is 0 Å². The van der Waals surface area contributed by atoms with E-state index in [1.807, 2.05) is 54.7 Å². The molecule has 0 saturated carbocycles. The van der Waals surface area contributed by atoms with Gasteiger partial charge in [-0.3, -0.25) is 4.79 Å². The number of nitrogens with one attached hydrogen (secondary N) is 2. The fourth-order valence-electron chi connectivity index (χ4n) is 2.53. The van der Waals surface area contributed by atoms with Crippen molar-refractivity contribution in [2.45, 2.75) is 12.5 Å². The van der Waals surface area contributed by atoms with Crippen LogP contribution in [0.15, 0.2) is 60.8 Å². The van der Waals surface area contributed by atoms with E-state index >= 15 is 0 Å². The number of carbonyl (C=O) groups is 1. The number of hydrogen-bond donors (Lipinski definition) is 3. The Morgan fingerprint density at radius 1 is 1.09 bits per heavy atom. The molecule has 0 radical (unpaired) electrons. The number of aromatic amines is 1. The number of aromatic nitrogens is 1. The topological polar surface area (TPSA) is 65.1 Å². The predicted molar refractivity (Wildman–Crippen MR) is 86.7 cm³/mol. The molecule has 112 valence electrons. The molecule has 1 unspecified atom stereocenters. The average Bonchev–Trinajstić information content (AvgIpc) is 3.04. The van der Waals surface area contributed by atoms with E-state index in [4.69, 9.17) is 0 Å². The van der Waals surface area contributed by atoms with E-state index in [1.54, 1.807) is 6.07 Å². The smallest absolute Gasteiger partial charge is 0.253 e. The number of hydrogen-bond acceptors (Lipinski definition) is 2. The fraction of sp³-hybridized carbons (Fsp3) is 0.167. The Bertz CT molecular complexity index is 765. The average molecular weight is 294 g/mol. The first kappa shape index (κ1) is 14.4. The maximum Gasteiger partial charge on any atom is 0.253 e. The van der Waals surface area contributed by atoms with Gasteiger partial charge < -0.3 is 15.4 Å². The van der Waals surface area contributed by atoms with Gasteiger partial charge in [0.15, 0.2) is 0 Å². The van der Waals surface area contributed by atoms with Gasteiger partial charge in [-0.25, -0.2) is 0 Å². The summed E-state index contributed by atoms with van der Waals surface area (Å²) in [5.41, 5.74) is 2.32. The van der Waals surface area contributed by atoms with Crippen LogP contribution in [-0.2, 0) is 0 Å². The molecular formula is C18H18N2O2. The van der Waals surface area contributed by atoms with Crippen LogP contribution in [0.3, 0.4) is 0 Å². The van der Waals surface area contributed by atoms with Gasteiger partial charge in [0.2, 0.25) is 0 Å². The zero-order chi connectivity index (χ0) is 15.4. The van der Waals surface area contributed by atoms with Crippen LogP contribution in [0.5, 0.6) is 0 Å². The van der Waals surface area contributed by atoms with Gasteiger partial charge >= 0.3 is 0 Å². The number of aliphatic hydroxyl groups excluding tert-OH is 1. The molecule has 1 amide bonds. The second-order valence-electron chi connectivity index (χ2n) is 5.22. The second kappa shape index (κ2) is 6.45. The highest BCUT2D eigenvalue weighted by atomic mass is 16.3. The third kappa shape index (κ3) is 3.02. The molecule has 1 aromatic heterocycles. The van der Waals surface area contributed by atoms with Crippen LogP contribution in [0.25, 0.3) is 10.9 Å². The minimum atomic E-state index is -0.567. The van der Waals surface area contributed by atoms with Crippen LogP contribution >= 0.6 is 0 Å². The van der Waals surface area contributed by atoms with Crippen molar-refractivity contribution in [2.24, 2.45) is 0 Å². The van der Waals surface area contributed by atoms with Gasteiger partial charge in [-0.05, 0) is 24.1 Å². The Morgan fingerprint density at radius 3 is 2.73 bits per heavy atom. The highest BCUT2D eigenvalue weighted by molar-refractivity contribution is 6.05. The van der Waals surface area contributed by atoms with Crippen molar-refractivity contribution in [3.63, 3.8) is 0 Å². The largest absolute Gasteiger partial charge is 0.388 e. The Labute approximate surface area is 128 Å². The number of amides is 1. The molecule has 4 heteroatoms. The molecule has 0 saturated heterocycles. The lowest BCUT2D eigenvalue weighted by molar-refractivity contribution is 0.0944. The van der Waals surface area contributed by atoms with Crippen molar-refractivity contribution in [3.05, 3.63) is 71.9 Å². The number of aliphatic hydroxyl groups is 1. The van der Waals surface area contributed by atoms with Crippen molar-refractivity contribution < 1.29 is 9.90 Å². The lowest BCUT2D eigenvalue weighted by Crippen LogP contribution is -2.25. The van der Waals surface area contributed by atoms with Gasteiger partial charge in [0.25, 0.3) is 5.91 Å². The summed E-state index contributed by atoms with van der Waals surface area (Å²) in [6.45, 7) is 0.423. The van der Waals surface area contributed by atoms with Gasteiger partial charge in [0, 0.05) is 18.1 Å². The van der Waals surface area contributed by atoms with E-state index in [0.29, 0.717) is 18.5 Å². The van der Waals surface area contributed by atoms with Gasteiger partial charge in [-0.2, -0.15) is 0 Å². The number of carbonyl (C=O) groups excluding carboxylic acids is 1. The van der Waals surface area contributed by atoms with Crippen LogP contribution in [-0.4, -0.2) is 22.5 Å². The summed E-state index contributed by atoms with van der Waals surface area (Å²) < 4.78 is 0. The number of para-hydroxylation sites is 1. The normalized spacial score (nSPS) is 12.2. The van der Waals surface area contributed by atoms with E-state index in [-0.39, 0.29) is 5.91 Å².